The van der Waals surface area contributed by atoms with Crippen molar-refractivity contribution in [2.24, 2.45) is 16.8 Å². The number of nitrogens with zero attached hydrogens (tertiary/aromatic N) is 2. The van der Waals surface area contributed by atoms with Crippen LogP contribution in [0, 0.1) is 5.92 Å². The number of rotatable bonds is 8. The molecule has 0 aliphatic heterocycles. The van der Waals surface area contributed by atoms with Crippen molar-refractivity contribution in [1.82, 2.24) is 4.90 Å². The van der Waals surface area contributed by atoms with Crippen LogP contribution < -0.4 is 5.73 Å². The van der Waals surface area contributed by atoms with E-state index in [1.165, 1.54) is 18.1 Å². The minimum absolute atomic E-state index is 0.0867. The number of amides is 1. The lowest BCUT2D eigenvalue weighted by Gasteiger charge is -2.39. The third kappa shape index (κ3) is 7.46. The number of carbonyl (C=O) groups is 2. The lowest BCUT2D eigenvalue weighted by molar-refractivity contribution is -0.140. The Hall–Kier alpha value is -2.07. The number of allylic oxidation sites excluding steroid dienone is 1. The van der Waals surface area contributed by atoms with E-state index in [1.54, 1.807) is 14.0 Å². The van der Waals surface area contributed by atoms with Crippen LogP contribution in [0.5, 0.6) is 0 Å². The number of nitrogens with two attached hydrogens (primary N) is 1. The van der Waals surface area contributed by atoms with Gasteiger partial charge in [-0.3, -0.25) is 4.90 Å². The second kappa shape index (κ2) is 11.1. The molecule has 0 aromatic rings. The van der Waals surface area contributed by atoms with Gasteiger partial charge in [0.05, 0.1) is 7.11 Å². The molecule has 34 heavy (non-hydrogen) atoms. The van der Waals surface area contributed by atoms with Gasteiger partial charge >= 0.3 is 12.1 Å². The van der Waals surface area contributed by atoms with E-state index in [9.17, 15) is 9.59 Å². The fraction of sp³-hybridized carbons (Fsp3) is 0.792. The normalized spacial score (nSPS) is 22.4. The first-order chi connectivity index (χ1) is 15.4. The largest absolute Gasteiger partial charge is 0.463 e. The van der Waals surface area contributed by atoms with E-state index in [1.807, 2.05) is 20.8 Å². The first-order valence-corrected chi connectivity index (χ1v) is 14.7. The van der Waals surface area contributed by atoms with Gasteiger partial charge in [0.25, 0.3) is 0 Å². The van der Waals surface area contributed by atoms with Gasteiger partial charge < -0.3 is 24.5 Å². The zero-order chi connectivity index (χ0) is 26.5. The molecule has 2 atom stereocenters. The molecule has 2 unspecified atom stereocenters. The Morgan fingerprint density at radius 2 is 1.79 bits per heavy atom. The second-order valence-electron chi connectivity index (χ2n) is 11.5. The molecule has 0 aromatic carbocycles. The number of oxime groups is 1. The van der Waals surface area contributed by atoms with Crippen molar-refractivity contribution in [1.29, 1.82) is 0 Å². The number of amidine groups is 1. The van der Waals surface area contributed by atoms with Gasteiger partial charge in [-0.2, -0.15) is 0 Å². The second-order valence-corrected chi connectivity index (χ2v) is 16.3. The van der Waals surface area contributed by atoms with Crippen LogP contribution in [0.15, 0.2) is 17.0 Å². The standard InChI is InChI=1S/C24H45N3O6Si/c1-12-18(19(28)30-9)33-26-20(25)24(27(8)21(29)32-22(2,3)4)14-13-17(15-24)16-31-34(10,11)23(5,6)7/h12,17H,13-16H2,1-11H3,(H2,25,26)/b18-12+. The average molecular weight is 500 g/mol. The third-order valence-corrected chi connectivity index (χ3v) is 11.3. The van der Waals surface area contributed by atoms with Crippen LogP contribution in [-0.2, 0) is 23.5 Å². The minimum Gasteiger partial charge on any atom is -0.463 e. The summed E-state index contributed by atoms with van der Waals surface area (Å²) < 4.78 is 16.8. The molecule has 10 heteroatoms. The number of methoxy groups -OCH3 is 1. The van der Waals surface area contributed by atoms with Gasteiger partial charge in [-0.15, -0.1) is 0 Å². The predicted octanol–water partition coefficient (Wildman–Crippen LogP) is 4.78. The van der Waals surface area contributed by atoms with E-state index < -0.39 is 31.5 Å². The zero-order valence-electron chi connectivity index (χ0n) is 22.9. The maximum atomic E-state index is 13.0. The highest BCUT2D eigenvalue weighted by Crippen LogP contribution is 2.42. The average Bonchev–Trinajstić information content (AvgIpc) is 3.15. The number of ether oxygens (including phenoxy) is 2. The topological polar surface area (TPSA) is 113 Å². The third-order valence-electron chi connectivity index (χ3n) is 6.76. The molecular weight excluding hydrogens is 454 g/mol. The summed E-state index contributed by atoms with van der Waals surface area (Å²) in [7, 11) is 0.982. The zero-order valence-corrected chi connectivity index (χ0v) is 23.9. The van der Waals surface area contributed by atoms with Gasteiger partial charge in [-0.1, -0.05) is 25.9 Å². The van der Waals surface area contributed by atoms with Gasteiger partial charge in [0.15, 0.2) is 14.2 Å². The van der Waals surface area contributed by atoms with Crippen LogP contribution in [-0.4, -0.2) is 63.0 Å². The Morgan fingerprint density at radius 3 is 2.26 bits per heavy atom. The summed E-state index contributed by atoms with van der Waals surface area (Å²) in [4.78, 5) is 31.7. The van der Waals surface area contributed by atoms with E-state index in [4.69, 9.17) is 24.5 Å². The summed E-state index contributed by atoms with van der Waals surface area (Å²) in [6.07, 6.45) is 2.84. The van der Waals surface area contributed by atoms with Crippen molar-refractivity contribution in [3.8, 4) is 0 Å². The number of hydrogen-bond donors (Lipinski definition) is 1. The molecule has 1 fully saturated rings. The fourth-order valence-electron chi connectivity index (χ4n) is 3.52. The van der Waals surface area contributed by atoms with E-state index in [0.29, 0.717) is 19.4 Å². The Labute approximate surface area is 206 Å². The maximum absolute atomic E-state index is 13.0. The van der Waals surface area contributed by atoms with Crippen molar-refractivity contribution in [3.63, 3.8) is 0 Å². The minimum atomic E-state index is -1.93. The van der Waals surface area contributed by atoms with Crippen LogP contribution in [0.3, 0.4) is 0 Å². The molecule has 2 N–H and O–H groups in total. The quantitative estimate of drug-likeness (QED) is 0.0972. The van der Waals surface area contributed by atoms with E-state index >= 15 is 0 Å². The number of carbonyl (C=O) groups excluding carboxylic acids is 2. The smallest absolute Gasteiger partial charge is 0.410 e. The highest BCUT2D eigenvalue weighted by Gasteiger charge is 2.50. The summed E-state index contributed by atoms with van der Waals surface area (Å²) in [5, 5.41) is 4.14. The highest BCUT2D eigenvalue weighted by atomic mass is 28.4. The SMILES string of the molecule is C/C=C(/O/N=C(\N)C1(N(C)C(=O)OC(C)(C)C)CCC(CO[Si](C)(C)C(C)(C)C)C1)C(=O)OC. The molecule has 1 rings (SSSR count). The molecule has 0 heterocycles. The number of hydrogen-bond acceptors (Lipinski definition) is 7. The molecule has 0 saturated heterocycles. The van der Waals surface area contributed by atoms with Gasteiger partial charge in [0, 0.05) is 13.7 Å². The maximum Gasteiger partial charge on any atom is 0.410 e. The van der Waals surface area contributed by atoms with Crippen molar-refractivity contribution in [2.75, 3.05) is 20.8 Å². The molecule has 1 aliphatic rings. The summed E-state index contributed by atoms with van der Waals surface area (Å²) >= 11 is 0. The van der Waals surface area contributed by atoms with Crippen LogP contribution in [0.4, 0.5) is 4.79 Å². The first-order valence-electron chi connectivity index (χ1n) is 11.8. The van der Waals surface area contributed by atoms with Gasteiger partial charge in [0.1, 0.15) is 11.1 Å². The summed E-state index contributed by atoms with van der Waals surface area (Å²) in [5.41, 5.74) is 4.84. The molecule has 1 amide bonds. The molecular formula is C24H45N3O6Si. The van der Waals surface area contributed by atoms with Crippen LogP contribution >= 0.6 is 0 Å². The molecule has 9 nitrogen and oxygen atoms in total. The van der Waals surface area contributed by atoms with E-state index in [0.717, 1.165) is 6.42 Å². The fourth-order valence-corrected chi connectivity index (χ4v) is 4.60. The number of esters is 1. The monoisotopic (exact) mass is 499 g/mol. The van der Waals surface area contributed by atoms with Crippen LogP contribution in [0.2, 0.25) is 18.1 Å². The summed E-state index contributed by atoms with van der Waals surface area (Å²) in [5.74, 6) is -0.481. The van der Waals surface area contributed by atoms with Crippen molar-refractivity contribution < 1.29 is 28.3 Å². The molecule has 0 bridgehead atoms. The Bertz CT molecular complexity index is 798. The lowest BCUT2D eigenvalue weighted by Crippen LogP contribution is -2.57. The summed E-state index contributed by atoms with van der Waals surface area (Å²) in [6, 6.07) is 0. The van der Waals surface area contributed by atoms with Gasteiger partial charge in [0.2, 0.25) is 5.76 Å². The Balaban J connectivity index is 3.21. The van der Waals surface area contributed by atoms with Gasteiger partial charge in [-0.25, -0.2) is 9.59 Å². The van der Waals surface area contributed by atoms with E-state index in [-0.39, 0.29) is 22.6 Å². The molecule has 0 spiro atoms. The van der Waals surface area contributed by atoms with Gasteiger partial charge in [-0.05, 0) is 77.1 Å². The lowest BCUT2D eigenvalue weighted by atomic mass is 9.93. The summed E-state index contributed by atoms with van der Waals surface area (Å²) in [6.45, 7) is 18.7. The predicted molar refractivity (Wildman–Crippen MR) is 136 cm³/mol. The Kier molecular flexibility index (Phi) is 9.79. The number of likely N-dealkylation sites (N-methyl/N-ethyl adjacent to an activating group) is 1. The van der Waals surface area contributed by atoms with Crippen molar-refractivity contribution >= 4 is 26.2 Å². The van der Waals surface area contributed by atoms with Crippen molar-refractivity contribution in [3.05, 3.63) is 11.8 Å². The Morgan fingerprint density at radius 1 is 1.21 bits per heavy atom. The first kappa shape index (κ1) is 30.0. The molecule has 0 aromatic heterocycles. The van der Waals surface area contributed by atoms with Crippen LogP contribution in [0.1, 0.15) is 67.7 Å². The van der Waals surface area contributed by atoms with Crippen LogP contribution in [0.25, 0.3) is 0 Å². The molecule has 0 radical (unpaired) electrons. The molecule has 1 aliphatic carbocycles. The van der Waals surface area contributed by atoms with Crippen molar-refractivity contribution in [2.45, 2.75) is 97.0 Å². The molecule has 1 saturated carbocycles. The highest BCUT2D eigenvalue weighted by molar-refractivity contribution is 6.74. The molecule has 196 valence electrons. The van der Waals surface area contributed by atoms with E-state index in [2.05, 4.69) is 39.0 Å².